The molecule has 0 radical (unpaired) electrons. The van der Waals surface area contributed by atoms with Crippen LogP contribution in [0.3, 0.4) is 0 Å². The summed E-state index contributed by atoms with van der Waals surface area (Å²) in [5, 5.41) is 0.675. The van der Waals surface area contributed by atoms with Crippen molar-refractivity contribution in [1.82, 2.24) is 8.43 Å². The average molecular weight is 426 g/mol. The van der Waals surface area contributed by atoms with E-state index in [0.29, 0.717) is 11.6 Å². The normalized spacial score (nSPS) is 12.4. The summed E-state index contributed by atoms with van der Waals surface area (Å²) in [5.41, 5.74) is 2.83. The Balaban J connectivity index is 2.00. The second kappa shape index (κ2) is 9.71. The van der Waals surface area contributed by atoms with Crippen LogP contribution in [-0.4, -0.2) is 30.9 Å². The Morgan fingerprint density at radius 1 is 1.19 bits per heavy atom. The molecule has 146 valence electrons. The number of hydrogen-bond acceptors (Lipinski definition) is 5. The molecule has 8 heteroatoms. The first kappa shape index (κ1) is 21.9. The van der Waals surface area contributed by atoms with Crippen molar-refractivity contribution >= 4 is 45.7 Å². The van der Waals surface area contributed by atoms with Gasteiger partial charge in [-0.2, -0.15) is 0 Å². The third-order valence-electron chi connectivity index (χ3n) is 3.70. The van der Waals surface area contributed by atoms with Gasteiger partial charge in [-0.05, 0) is 63.6 Å². The third-order valence-corrected chi connectivity index (χ3v) is 7.40. The summed E-state index contributed by atoms with van der Waals surface area (Å²) in [5.74, 6) is 0. The van der Waals surface area contributed by atoms with Crippen LogP contribution in [0.4, 0.5) is 5.69 Å². The minimum atomic E-state index is -3.59. The molecule has 5 nitrogen and oxygen atoms in total. The lowest BCUT2D eigenvalue weighted by Gasteiger charge is -2.24. The molecular formula is C19H24ClN3O2S2. The first-order chi connectivity index (χ1) is 12.7. The molecular weight excluding hydrogens is 402 g/mol. The molecule has 27 heavy (non-hydrogen) atoms. The van der Waals surface area contributed by atoms with Gasteiger partial charge >= 0.3 is 0 Å². The van der Waals surface area contributed by atoms with Gasteiger partial charge < -0.3 is 0 Å². The molecule has 0 aliphatic rings. The number of halogens is 1. The molecule has 0 fully saturated rings. The summed E-state index contributed by atoms with van der Waals surface area (Å²) < 4.78 is 30.1. The van der Waals surface area contributed by atoms with Crippen molar-refractivity contribution < 1.29 is 8.42 Å². The summed E-state index contributed by atoms with van der Waals surface area (Å²) in [4.78, 5) is 4.67. The van der Waals surface area contributed by atoms with Crippen molar-refractivity contribution in [2.45, 2.75) is 38.6 Å². The van der Waals surface area contributed by atoms with Crippen LogP contribution in [0.25, 0.3) is 0 Å². The molecule has 1 N–H and O–H groups in total. The molecule has 2 aromatic carbocycles. The van der Waals surface area contributed by atoms with Gasteiger partial charge in [-0.25, -0.2) is 13.1 Å². The van der Waals surface area contributed by atoms with E-state index in [-0.39, 0.29) is 10.9 Å². The summed E-state index contributed by atoms with van der Waals surface area (Å²) in [6.45, 7) is 7.96. The largest absolute Gasteiger partial charge is 0.260 e. The molecule has 0 spiro atoms. The first-order valence-corrected chi connectivity index (χ1v) is 11.1. The van der Waals surface area contributed by atoms with E-state index in [1.165, 1.54) is 3.71 Å². The van der Waals surface area contributed by atoms with Crippen LogP contribution < -0.4 is 4.72 Å². The second-order valence-corrected chi connectivity index (χ2v) is 9.70. The van der Waals surface area contributed by atoms with Crippen molar-refractivity contribution in [3.8, 4) is 0 Å². The lowest BCUT2D eigenvalue weighted by Crippen LogP contribution is -2.34. The van der Waals surface area contributed by atoms with Gasteiger partial charge in [-0.15, -0.1) is 3.71 Å². The first-order valence-electron chi connectivity index (χ1n) is 8.51. The van der Waals surface area contributed by atoms with Crippen LogP contribution in [0.15, 0.2) is 52.4 Å². The van der Waals surface area contributed by atoms with E-state index in [4.69, 9.17) is 11.6 Å². The fourth-order valence-electron chi connectivity index (χ4n) is 2.29. The molecule has 0 saturated carbocycles. The maximum absolute atomic E-state index is 12.9. The summed E-state index contributed by atoms with van der Waals surface area (Å²) in [7, 11) is -3.59. The lowest BCUT2D eigenvalue weighted by atomic mass is 10.2. The third kappa shape index (κ3) is 6.05. The number of hydrogen-bond donors (Lipinski definition) is 1. The fraction of sp³-hybridized carbons (Fsp3) is 0.316. The highest BCUT2D eigenvalue weighted by atomic mass is 35.5. The summed E-state index contributed by atoms with van der Waals surface area (Å²) in [6.07, 6.45) is 1.71. The van der Waals surface area contributed by atoms with Crippen molar-refractivity contribution in [1.29, 1.82) is 0 Å². The highest BCUT2D eigenvalue weighted by molar-refractivity contribution is 8.07. The quantitative estimate of drug-likeness (QED) is 0.370. The number of aryl methyl sites for hydroxylation is 2. The molecule has 2 aromatic rings. The minimum Gasteiger partial charge on any atom is -0.260 e. The van der Waals surface area contributed by atoms with Crippen LogP contribution in [-0.2, 0) is 10.0 Å². The van der Waals surface area contributed by atoms with E-state index in [0.717, 1.165) is 28.9 Å². The molecule has 0 amide bonds. The van der Waals surface area contributed by atoms with Gasteiger partial charge in [0.25, 0.3) is 10.0 Å². The second-order valence-electron chi connectivity index (χ2n) is 6.35. The molecule has 0 saturated heterocycles. The number of nitrogens with one attached hydrogen (secondary N) is 1. The van der Waals surface area contributed by atoms with E-state index < -0.39 is 10.0 Å². The van der Waals surface area contributed by atoms with Crippen LogP contribution >= 0.6 is 23.7 Å². The van der Waals surface area contributed by atoms with Crippen LogP contribution in [0.1, 0.15) is 25.0 Å². The van der Waals surface area contributed by atoms with E-state index in [1.807, 2.05) is 39.8 Å². The van der Waals surface area contributed by atoms with Crippen molar-refractivity contribution in [2.24, 2.45) is 4.99 Å². The fourth-order valence-corrected chi connectivity index (χ4v) is 5.06. The summed E-state index contributed by atoms with van der Waals surface area (Å²) >= 11 is 7.00. The molecule has 0 atom stereocenters. The van der Waals surface area contributed by atoms with Gasteiger partial charge in [-0.1, -0.05) is 29.3 Å². The Morgan fingerprint density at radius 3 is 2.44 bits per heavy atom. The molecule has 2 rings (SSSR count). The Kier molecular flexibility index (Phi) is 7.88. The van der Waals surface area contributed by atoms with Gasteiger partial charge in [0.15, 0.2) is 0 Å². The molecule has 0 aliphatic heterocycles. The highest BCUT2D eigenvalue weighted by Crippen LogP contribution is 2.25. The van der Waals surface area contributed by atoms with Crippen molar-refractivity contribution in [3.05, 3.63) is 58.6 Å². The maximum Gasteiger partial charge on any atom is 0.253 e. The summed E-state index contributed by atoms with van der Waals surface area (Å²) in [6, 6.07) is 12.1. The van der Waals surface area contributed by atoms with Crippen molar-refractivity contribution in [2.75, 3.05) is 6.54 Å². The van der Waals surface area contributed by atoms with E-state index in [9.17, 15) is 8.42 Å². The molecule has 0 bridgehead atoms. The maximum atomic E-state index is 12.9. The Morgan fingerprint density at radius 2 is 1.85 bits per heavy atom. The van der Waals surface area contributed by atoms with Crippen LogP contribution in [0.2, 0.25) is 5.02 Å². The topological polar surface area (TPSA) is 61.8 Å². The van der Waals surface area contributed by atoms with E-state index in [1.54, 1.807) is 36.5 Å². The Hall–Kier alpha value is -1.38. The number of sulfonamides is 1. The predicted octanol–water partition coefficient (Wildman–Crippen LogP) is 4.91. The Labute approximate surface area is 171 Å². The van der Waals surface area contributed by atoms with E-state index >= 15 is 0 Å². The predicted molar refractivity (Wildman–Crippen MR) is 115 cm³/mol. The Bertz CT molecular complexity index is 898. The minimum absolute atomic E-state index is 0.204. The van der Waals surface area contributed by atoms with Gasteiger partial charge in [-0.3, -0.25) is 4.99 Å². The number of nitrogens with zero attached hydrogens (tertiary/aromatic N) is 2. The molecule has 0 unspecified atom stereocenters. The van der Waals surface area contributed by atoms with Crippen LogP contribution in [0, 0.1) is 13.8 Å². The average Bonchev–Trinajstić information content (AvgIpc) is 2.59. The molecule has 0 heterocycles. The zero-order chi connectivity index (χ0) is 20.0. The van der Waals surface area contributed by atoms with E-state index in [2.05, 4.69) is 9.71 Å². The zero-order valence-corrected chi connectivity index (χ0v) is 18.2. The number of rotatable bonds is 8. The van der Waals surface area contributed by atoms with Gasteiger partial charge in [0.05, 0.1) is 10.6 Å². The number of benzene rings is 2. The van der Waals surface area contributed by atoms with Crippen molar-refractivity contribution in [3.63, 3.8) is 0 Å². The standard InChI is InChI=1S/C19H24ClN3O2S2/c1-14(2)23(27(24,25)18-8-5-15(3)6-9-18)26-22-12-11-21-19-10-7-17(20)13-16(19)4/h5-11,13-14,22H,12H2,1-4H3. The number of aliphatic imine (C=N–C) groups is 1. The zero-order valence-electron chi connectivity index (χ0n) is 15.8. The van der Waals surface area contributed by atoms with Gasteiger partial charge in [0.1, 0.15) is 0 Å². The smallest absolute Gasteiger partial charge is 0.253 e. The van der Waals surface area contributed by atoms with Gasteiger partial charge in [0, 0.05) is 36.0 Å². The monoisotopic (exact) mass is 425 g/mol. The lowest BCUT2D eigenvalue weighted by molar-refractivity contribution is 0.500. The molecule has 0 aromatic heterocycles. The van der Waals surface area contributed by atoms with Crippen LogP contribution in [0.5, 0.6) is 0 Å². The molecule has 0 aliphatic carbocycles. The highest BCUT2D eigenvalue weighted by Gasteiger charge is 2.27. The van der Waals surface area contributed by atoms with Gasteiger partial charge in [0.2, 0.25) is 0 Å². The SMILES string of the molecule is Cc1ccc(S(=O)(=O)N(SNCC=Nc2ccc(Cl)cc2C)C(C)C)cc1.